The van der Waals surface area contributed by atoms with Crippen molar-refractivity contribution in [3.8, 4) is 6.07 Å². The second-order valence-electron chi connectivity index (χ2n) is 7.02. The maximum absolute atomic E-state index is 12.9. The van der Waals surface area contributed by atoms with Crippen molar-refractivity contribution < 1.29 is 4.79 Å². The normalized spacial score (nSPS) is 17.2. The van der Waals surface area contributed by atoms with Crippen LogP contribution in [0.15, 0.2) is 42.1 Å². The van der Waals surface area contributed by atoms with Gasteiger partial charge in [0, 0.05) is 18.5 Å². The van der Waals surface area contributed by atoms with E-state index in [4.69, 9.17) is 5.26 Å². The molecule has 0 aromatic heterocycles. The second kappa shape index (κ2) is 9.27. The maximum atomic E-state index is 12.9. The van der Waals surface area contributed by atoms with E-state index in [1.165, 1.54) is 0 Å². The van der Waals surface area contributed by atoms with Gasteiger partial charge in [0.2, 0.25) is 5.91 Å². The van der Waals surface area contributed by atoms with E-state index in [1.54, 1.807) is 0 Å². The zero-order chi connectivity index (χ0) is 17.4. The highest BCUT2D eigenvalue weighted by atomic mass is 16.2. The van der Waals surface area contributed by atoms with Gasteiger partial charge in [0.1, 0.15) is 0 Å². The Bertz CT molecular complexity index is 598. The predicted octanol–water partition coefficient (Wildman–Crippen LogP) is 5.05. The lowest BCUT2D eigenvalue weighted by atomic mass is 9.87. The van der Waals surface area contributed by atoms with Gasteiger partial charge in [-0.1, -0.05) is 50.3 Å². The average Bonchev–Trinajstić information content (AvgIpc) is 2.58. The summed E-state index contributed by atoms with van der Waals surface area (Å²) in [4.78, 5) is 14.9. The number of benzene rings is 1. The van der Waals surface area contributed by atoms with E-state index in [1.807, 2.05) is 23.1 Å². The predicted molar refractivity (Wildman–Crippen MR) is 96.7 cm³/mol. The van der Waals surface area contributed by atoms with Crippen molar-refractivity contribution in [2.75, 3.05) is 0 Å². The van der Waals surface area contributed by atoms with Crippen molar-refractivity contribution in [3.63, 3.8) is 0 Å². The van der Waals surface area contributed by atoms with Gasteiger partial charge in [-0.2, -0.15) is 5.26 Å². The van der Waals surface area contributed by atoms with Gasteiger partial charge < -0.3 is 4.90 Å². The van der Waals surface area contributed by atoms with Gasteiger partial charge in [-0.3, -0.25) is 4.79 Å². The summed E-state index contributed by atoms with van der Waals surface area (Å²) >= 11 is 0. The highest BCUT2D eigenvalue weighted by molar-refractivity contribution is 5.78. The number of carbonyl (C=O) groups is 1. The molecule has 0 fully saturated rings. The van der Waals surface area contributed by atoms with E-state index in [2.05, 4.69) is 38.1 Å². The summed E-state index contributed by atoms with van der Waals surface area (Å²) in [6.45, 7) is 4.79. The average molecular weight is 324 g/mol. The molecule has 1 aliphatic rings. The molecular weight excluding hydrogens is 296 g/mol. The SMILES string of the molecule is CC(C)CC(=O)N(Cc1ccccc1)C1=CCCCC1CCC#N. The number of carbonyl (C=O) groups excluding carboxylic acids is 1. The first kappa shape index (κ1) is 18.3. The zero-order valence-electron chi connectivity index (χ0n) is 14.9. The molecule has 0 spiro atoms. The summed E-state index contributed by atoms with van der Waals surface area (Å²) in [5, 5.41) is 8.94. The van der Waals surface area contributed by atoms with E-state index in [0.717, 1.165) is 36.9 Å². The second-order valence-corrected chi connectivity index (χ2v) is 7.02. The molecule has 1 amide bonds. The molecule has 3 heteroatoms. The molecule has 1 atom stereocenters. The zero-order valence-corrected chi connectivity index (χ0v) is 14.9. The van der Waals surface area contributed by atoms with E-state index >= 15 is 0 Å². The van der Waals surface area contributed by atoms with Crippen LogP contribution in [0.2, 0.25) is 0 Å². The van der Waals surface area contributed by atoms with Crippen LogP contribution >= 0.6 is 0 Å². The van der Waals surface area contributed by atoms with Crippen LogP contribution in [0, 0.1) is 23.2 Å². The smallest absolute Gasteiger partial charge is 0.227 e. The first-order valence-corrected chi connectivity index (χ1v) is 9.03. The minimum atomic E-state index is 0.198. The minimum Gasteiger partial charge on any atom is -0.312 e. The molecule has 3 nitrogen and oxygen atoms in total. The third kappa shape index (κ3) is 5.23. The molecule has 1 aromatic carbocycles. The molecule has 0 saturated carbocycles. The maximum Gasteiger partial charge on any atom is 0.227 e. The van der Waals surface area contributed by atoms with Crippen molar-refractivity contribution in [1.29, 1.82) is 5.26 Å². The van der Waals surface area contributed by atoms with Crippen LogP contribution in [0.5, 0.6) is 0 Å². The summed E-state index contributed by atoms with van der Waals surface area (Å²) in [5.74, 6) is 0.875. The number of amides is 1. The minimum absolute atomic E-state index is 0.198. The van der Waals surface area contributed by atoms with Crippen LogP contribution in [0.25, 0.3) is 0 Å². The molecule has 0 bridgehead atoms. The molecule has 0 heterocycles. The largest absolute Gasteiger partial charge is 0.312 e. The van der Waals surface area contributed by atoms with Crippen LogP contribution in [-0.4, -0.2) is 10.8 Å². The van der Waals surface area contributed by atoms with Gasteiger partial charge in [-0.15, -0.1) is 0 Å². The van der Waals surface area contributed by atoms with Gasteiger partial charge in [-0.05, 0) is 43.1 Å². The third-order valence-corrected chi connectivity index (χ3v) is 4.51. The number of allylic oxidation sites excluding steroid dienone is 2. The van der Waals surface area contributed by atoms with Crippen LogP contribution in [0.4, 0.5) is 0 Å². The van der Waals surface area contributed by atoms with Crippen molar-refractivity contribution in [2.45, 2.75) is 58.9 Å². The molecule has 24 heavy (non-hydrogen) atoms. The van der Waals surface area contributed by atoms with Crippen LogP contribution in [0.3, 0.4) is 0 Å². The fourth-order valence-electron chi connectivity index (χ4n) is 3.34. The Morgan fingerprint density at radius 1 is 1.33 bits per heavy atom. The third-order valence-electron chi connectivity index (χ3n) is 4.51. The Morgan fingerprint density at radius 2 is 2.08 bits per heavy atom. The standard InChI is InChI=1S/C21H28N2O/c1-17(2)15-21(24)23(16-18-9-4-3-5-10-18)20-13-7-6-11-19(20)12-8-14-22/h3-5,9-10,13,17,19H,6-8,11-12,15-16H2,1-2H3. The number of rotatable bonds is 7. The molecule has 0 saturated heterocycles. The van der Waals surface area contributed by atoms with Crippen molar-refractivity contribution in [2.24, 2.45) is 11.8 Å². The molecule has 128 valence electrons. The Labute approximate surface area is 146 Å². The lowest BCUT2D eigenvalue weighted by Crippen LogP contribution is -2.34. The summed E-state index contributed by atoms with van der Waals surface area (Å²) in [6, 6.07) is 12.4. The Morgan fingerprint density at radius 3 is 2.75 bits per heavy atom. The molecule has 1 aliphatic carbocycles. The first-order chi connectivity index (χ1) is 11.6. The van der Waals surface area contributed by atoms with E-state index < -0.39 is 0 Å². The van der Waals surface area contributed by atoms with Gasteiger partial charge in [0.25, 0.3) is 0 Å². The summed E-state index contributed by atoms with van der Waals surface area (Å²) in [5.41, 5.74) is 2.30. The van der Waals surface area contributed by atoms with E-state index in [0.29, 0.717) is 31.2 Å². The quantitative estimate of drug-likeness (QED) is 0.704. The molecule has 1 aromatic rings. The van der Waals surface area contributed by atoms with Crippen molar-refractivity contribution in [3.05, 3.63) is 47.7 Å². The highest BCUT2D eigenvalue weighted by Gasteiger charge is 2.27. The number of hydrogen-bond donors (Lipinski definition) is 0. The topological polar surface area (TPSA) is 44.1 Å². The monoisotopic (exact) mass is 324 g/mol. The summed E-state index contributed by atoms with van der Waals surface area (Å²) < 4.78 is 0. The summed E-state index contributed by atoms with van der Waals surface area (Å²) in [6.07, 6.45) is 7.45. The number of hydrogen-bond acceptors (Lipinski definition) is 2. The molecule has 1 unspecified atom stereocenters. The first-order valence-electron chi connectivity index (χ1n) is 9.03. The molecular formula is C21H28N2O. The van der Waals surface area contributed by atoms with Gasteiger partial charge >= 0.3 is 0 Å². The van der Waals surface area contributed by atoms with Gasteiger partial charge in [0.15, 0.2) is 0 Å². The Hall–Kier alpha value is -2.08. The van der Waals surface area contributed by atoms with Gasteiger partial charge in [0.05, 0.1) is 12.6 Å². The van der Waals surface area contributed by atoms with E-state index in [9.17, 15) is 4.79 Å². The molecule has 2 rings (SSSR count). The Kier molecular flexibility index (Phi) is 7.06. The Balaban J connectivity index is 2.24. The number of nitriles is 1. The van der Waals surface area contributed by atoms with E-state index in [-0.39, 0.29) is 5.91 Å². The summed E-state index contributed by atoms with van der Waals surface area (Å²) in [7, 11) is 0. The fraction of sp³-hybridized carbons (Fsp3) is 0.524. The van der Waals surface area contributed by atoms with Crippen LogP contribution in [0.1, 0.15) is 57.9 Å². The van der Waals surface area contributed by atoms with Crippen LogP contribution in [-0.2, 0) is 11.3 Å². The molecule has 0 aliphatic heterocycles. The van der Waals surface area contributed by atoms with Crippen LogP contribution < -0.4 is 0 Å². The van der Waals surface area contributed by atoms with Crippen molar-refractivity contribution >= 4 is 5.91 Å². The number of nitrogens with zero attached hydrogens (tertiary/aromatic N) is 2. The highest BCUT2D eigenvalue weighted by Crippen LogP contribution is 2.32. The lowest BCUT2D eigenvalue weighted by molar-refractivity contribution is -0.131. The van der Waals surface area contributed by atoms with Crippen molar-refractivity contribution in [1.82, 2.24) is 4.90 Å². The fourth-order valence-corrected chi connectivity index (χ4v) is 3.34. The lowest BCUT2D eigenvalue weighted by Gasteiger charge is -2.34. The molecule has 0 N–H and O–H groups in total. The van der Waals surface area contributed by atoms with Gasteiger partial charge in [-0.25, -0.2) is 0 Å². The molecule has 0 radical (unpaired) electrons.